The summed E-state index contributed by atoms with van der Waals surface area (Å²) in [4.78, 5) is 36.6. The second-order valence-corrected chi connectivity index (χ2v) is 8.83. The summed E-state index contributed by atoms with van der Waals surface area (Å²) in [6, 6.07) is 19.4. The molecule has 1 aliphatic carbocycles. The molecular weight excluding hydrogens is 491 g/mol. The SMILES string of the molecule is O=C(O)CCC(NC(=O)OCC1c2ccccc2-c2ccccc21)C(=O)Nc1cccc(Cl)c1Cl. The van der Waals surface area contributed by atoms with Crippen molar-refractivity contribution in [3.8, 4) is 11.1 Å². The van der Waals surface area contributed by atoms with Crippen LogP contribution in [0.3, 0.4) is 0 Å². The highest BCUT2D eigenvalue weighted by atomic mass is 35.5. The Kier molecular flexibility index (Phi) is 7.58. The van der Waals surface area contributed by atoms with E-state index in [0.717, 1.165) is 22.3 Å². The highest BCUT2D eigenvalue weighted by Crippen LogP contribution is 2.44. The summed E-state index contributed by atoms with van der Waals surface area (Å²) in [6.07, 6.45) is -1.29. The number of hydrogen-bond acceptors (Lipinski definition) is 4. The van der Waals surface area contributed by atoms with Crippen LogP contribution in [0.1, 0.15) is 29.9 Å². The molecule has 0 saturated carbocycles. The zero-order valence-corrected chi connectivity index (χ0v) is 20.0. The van der Waals surface area contributed by atoms with Gasteiger partial charge in [-0.1, -0.05) is 77.8 Å². The summed E-state index contributed by atoms with van der Waals surface area (Å²) in [5.74, 6) is -1.88. The highest BCUT2D eigenvalue weighted by Gasteiger charge is 2.30. The highest BCUT2D eigenvalue weighted by molar-refractivity contribution is 6.44. The minimum Gasteiger partial charge on any atom is -0.481 e. The standard InChI is InChI=1S/C26H22Cl2N2O5/c27-20-10-5-11-21(24(20)28)29-25(33)22(12-13-23(31)32)30-26(34)35-14-19-17-8-3-1-6-15(17)16-7-2-4-9-18(16)19/h1-11,19,22H,12-14H2,(H,29,33)(H,30,34)(H,31,32). The topological polar surface area (TPSA) is 105 Å². The molecule has 0 heterocycles. The summed E-state index contributed by atoms with van der Waals surface area (Å²) in [5.41, 5.74) is 4.54. The van der Waals surface area contributed by atoms with Crippen LogP contribution in [-0.4, -0.2) is 35.7 Å². The summed E-state index contributed by atoms with van der Waals surface area (Å²) >= 11 is 12.1. The molecule has 0 radical (unpaired) electrons. The predicted octanol–water partition coefficient (Wildman–Crippen LogP) is 5.70. The van der Waals surface area contributed by atoms with Gasteiger partial charge >= 0.3 is 12.1 Å². The van der Waals surface area contributed by atoms with Gasteiger partial charge in [-0.2, -0.15) is 0 Å². The van der Waals surface area contributed by atoms with E-state index in [2.05, 4.69) is 10.6 Å². The maximum Gasteiger partial charge on any atom is 0.407 e. The molecule has 4 rings (SSSR count). The molecule has 0 bridgehead atoms. The first-order valence-electron chi connectivity index (χ1n) is 10.9. The zero-order chi connectivity index (χ0) is 24.9. The number of carboxylic acids is 1. The van der Waals surface area contributed by atoms with Gasteiger partial charge in [0.15, 0.2) is 0 Å². The molecule has 3 N–H and O–H groups in total. The van der Waals surface area contributed by atoms with Crippen LogP contribution in [0.25, 0.3) is 11.1 Å². The number of fused-ring (bicyclic) bond motifs is 3. The van der Waals surface area contributed by atoms with E-state index < -0.39 is 24.0 Å². The lowest BCUT2D eigenvalue weighted by Gasteiger charge is -2.20. The molecule has 1 unspecified atom stereocenters. The Morgan fingerprint density at radius 2 is 1.54 bits per heavy atom. The third-order valence-electron chi connectivity index (χ3n) is 5.81. The van der Waals surface area contributed by atoms with Crippen molar-refractivity contribution in [1.82, 2.24) is 5.32 Å². The number of halogens is 2. The number of ether oxygens (including phenoxy) is 1. The monoisotopic (exact) mass is 512 g/mol. The van der Waals surface area contributed by atoms with Crippen LogP contribution in [0.4, 0.5) is 10.5 Å². The lowest BCUT2D eigenvalue weighted by atomic mass is 9.98. The smallest absolute Gasteiger partial charge is 0.407 e. The van der Waals surface area contributed by atoms with Crippen molar-refractivity contribution < 1.29 is 24.2 Å². The largest absolute Gasteiger partial charge is 0.481 e. The Bertz CT molecular complexity index is 1230. The van der Waals surface area contributed by atoms with Gasteiger partial charge in [-0.3, -0.25) is 9.59 Å². The fourth-order valence-corrected chi connectivity index (χ4v) is 4.49. The van der Waals surface area contributed by atoms with Gasteiger partial charge in [0.1, 0.15) is 12.6 Å². The van der Waals surface area contributed by atoms with Crippen molar-refractivity contribution >= 4 is 46.9 Å². The number of alkyl carbamates (subject to hydrolysis) is 1. The number of anilines is 1. The summed E-state index contributed by atoms with van der Waals surface area (Å²) in [7, 11) is 0. The Hall–Kier alpha value is -3.55. The van der Waals surface area contributed by atoms with Gasteiger partial charge in [0.25, 0.3) is 0 Å². The quantitative estimate of drug-likeness (QED) is 0.358. The summed E-state index contributed by atoms with van der Waals surface area (Å²) in [5, 5.41) is 14.5. The molecule has 0 saturated heterocycles. The number of benzene rings is 3. The van der Waals surface area contributed by atoms with Crippen molar-refractivity contribution in [3.63, 3.8) is 0 Å². The fraction of sp³-hybridized carbons (Fsp3) is 0.192. The van der Waals surface area contributed by atoms with Crippen molar-refractivity contribution in [3.05, 3.63) is 87.9 Å². The van der Waals surface area contributed by atoms with E-state index in [-0.39, 0.29) is 41.1 Å². The molecule has 0 aromatic heterocycles. The Morgan fingerprint density at radius 1 is 0.914 bits per heavy atom. The molecule has 3 aromatic rings. The van der Waals surface area contributed by atoms with E-state index in [4.69, 9.17) is 33.0 Å². The third kappa shape index (κ3) is 5.58. The lowest BCUT2D eigenvalue weighted by Crippen LogP contribution is -2.44. The molecule has 7 nitrogen and oxygen atoms in total. The Morgan fingerprint density at radius 3 is 2.17 bits per heavy atom. The minimum absolute atomic E-state index is 0.0627. The second kappa shape index (κ2) is 10.8. The van der Waals surface area contributed by atoms with Crippen LogP contribution in [0.2, 0.25) is 10.0 Å². The normalized spacial score (nSPS) is 12.9. The van der Waals surface area contributed by atoms with E-state index in [1.54, 1.807) is 18.2 Å². The lowest BCUT2D eigenvalue weighted by molar-refractivity contribution is -0.137. The van der Waals surface area contributed by atoms with E-state index in [1.165, 1.54) is 0 Å². The number of amides is 2. The first kappa shape index (κ1) is 24.6. The van der Waals surface area contributed by atoms with Gasteiger partial charge in [0.2, 0.25) is 5.91 Å². The van der Waals surface area contributed by atoms with Gasteiger partial charge in [-0.25, -0.2) is 4.79 Å². The number of nitrogens with one attached hydrogen (secondary N) is 2. The van der Waals surface area contributed by atoms with Crippen molar-refractivity contribution in [1.29, 1.82) is 0 Å². The number of carboxylic acid groups (broad SMARTS) is 1. The number of rotatable bonds is 8. The minimum atomic E-state index is -1.16. The van der Waals surface area contributed by atoms with Gasteiger partial charge in [-0.15, -0.1) is 0 Å². The van der Waals surface area contributed by atoms with E-state index in [1.807, 2.05) is 48.5 Å². The van der Waals surface area contributed by atoms with Crippen molar-refractivity contribution in [2.75, 3.05) is 11.9 Å². The zero-order valence-electron chi connectivity index (χ0n) is 18.5. The average Bonchev–Trinajstić information content (AvgIpc) is 3.17. The average molecular weight is 513 g/mol. The maximum atomic E-state index is 12.8. The molecular formula is C26H22Cl2N2O5. The molecule has 2 amide bonds. The fourth-order valence-electron chi connectivity index (χ4n) is 4.14. The predicted molar refractivity (Wildman–Crippen MR) is 134 cm³/mol. The third-order valence-corrected chi connectivity index (χ3v) is 6.63. The van der Waals surface area contributed by atoms with Gasteiger partial charge in [-0.05, 0) is 40.8 Å². The van der Waals surface area contributed by atoms with Crippen LogP contribution in [0.15, 0.2) is 66.7 Å². The van der Waals surface area contributed by atoms with E-state index >= 15 is 0 Å². The molecule has 9 heteroatoms. The van der Waals surface area contributed by atoms with Crippen LogP contribution >= 0.6 is 23.2 Å². The van der Waals surface area contributed by atoms with Crippen molar-refractivity contribution in [2.24, 2.45) is 0 Å². The number of carbonyl (C=O) groups excluding carboxylic acids is 2. The van der Waals surface area contributed by atoms with Crippen LogP contribution in [0, 0.1) is 0 Å². The maximum absolute atomic E-state index is 12.8. The molecule has 180 valence electrons. The van der Waals surface area contributed by atoms with Crippen LogP contribution in [0.5, 0.6) is 0 Å². The second-order valence-electron chi connectivity index (χ2n) is 8.05. The summed E-state index contributed by atoms with van der Waals surface area (Å²) in [6.45, 7) is 0.0627. The number of aliphatic carboxylic acids is 1. The molecule has 1 atom stereocenters. The van der Waals surface area contributed by atoms with E-state index in [9.17, 15) is 14.4 Å². The first-order chi connectivity index (χ1) is 16.8. The Balaban J connectivity index is 1.44. The van der Waals surface area contributed by atoms with Gasteiger partial charge in [0.05, 0.1) is 15.7 Å². The molecule has 3 aromatic carbocycles. The molecule has 0 fully saturated rings. The van der Waals surface area contributed by atoms with Gasteiger partial charge in [0, 0.05) is 12.3 Å². The first-order valence-corrected chi connectivity index (χ1v) is 11.7. The van der Waals surface area contributed by atoms with Crippen LogP contribution < -0.4 is 10.6 Å². The van der Waals surface area contributed by atoms with Crippen molar-refractivity contribution in [2.45, 2.75) is 24.8 Å². The molecule has 0 spiro atoms. The van der Waals surface area contributed by atoms with Crippen LogP contribution in [-0.2, 0) is 14.3 Å². The van der Waals surface area contributed by atoms with Gasteiger partial charge < -0.3 is 20.5 Å². The van der Waals surface area contributed by atoms with E-state index in [0.29, 0.717) is 0 Å². The molecule has 1 aliphatic rings. The number of hydrogen-bond donors (Lipinski definition) is 3. The number of carbonyl (C=O) groups is 3. The molecule has 35 heavy (non-hydrogen) atoms. The Labute approximate surface area is 212 Å². The molecule has 0 aliphatic heterocycles. The summed E-state index contributed by atoms with van der Waals surface area (Å²) < 4.78 is 5.50.